The van der Waals surface area contributed by atoms with E-state index in [0.29, 0.717) is 0 Å². The molecule has 0 aliphatic heterocycles. The van der Waals surface area contributed by atoms with E-state index in [-0.39, 0.29) is 95.1 Å². The summed E-state index contributed by atoms with van der Waals surface area (Å²) in [5, 5.41) is 30.7. The summed E-state index contributed by atoms with van der Waals surface area (Å²) in [6, 6.07) is -9.52. The number of primary amides is 1. The fourth-order valence-corrected chi connectivity index (χ4v) is 7.88. The van der Waals surface area contributed by atoms with Gasteiger partial charge in [0.2, 0.25) is 53.2 Å². The molecule has 0 spiro atoms. The number of amides is 13. The Hall–Kier alpha value is -7.34. The highest BCUT2D eigenvalue weighted by Gasteiger charge is 2.33. The van der Waals surface area contributed by atoms with Crippen molar-refractivity contribution in [1.29, 1.82) is 0 Å². The van der Waals surface area contributed by atoms with Crippen molar-refractivity contribution in [3.8, 4) is 0 Å². The number of thioether (sulfide) groups is 1. The quantitative estimate of drug-likeness (QED) is 0.0242. The van der Waals surface area contributed by atoms with E-state index in [1.165, 1.54) is 27.7 Å². The van der Waals surface area contributed by atoms with Gasteiger partial charge in [0.05, 0.1) is 5.88 Å². The van der Waals surface area contributed by atoms with Crippen LogP contribution in [0.15, 0.2) is 0 Å². The normalized spacial score (nSPS) is 14.0. The first-order valence-electron chi connectivity index (χ1n) is 28.2. The molecule has 0 aromatic rings. The van der Waals surface area contributed by atoms with Gasteiger partial charge < -0.3 is 88.5 Å². The molecule has 13 amide bonds. The molecule has 0 aromatic carbocycles. The van der Waals surface area contributed by atoms with Crippen LogP contribution in [-0.2, 0) is 62.1 Å². The Balaban J connectivity index is 7.04. The topological polar surface area (TPSA) is 429 Å². The molecule has 14 N–H and O–H groups in total. The van der Waals surface area contributed by atoms with Gasteiger partial charge in [0.15, 0.2) is 0 Å². The van der Waals surface area contributed by atoms with Gasteiger partial charge in [0.1, 0.15) is 64.7 Å². The summed E-state index contributed by atoms with van der Waals surface area (Å²) in [5.74, 6) is -6.93. The van der Waals surface area contributed by atoms with E-state index < -0.39 is 136 Å². The average Bonchev–Trinajstić information content (AvgIpc) is 3.40. The highest BCUT2D eigenvalue weighted by Crippen LogP contribution is 2.12. The largest absolute Gasteiger partial charge is 0.444 e. The van der Waals surface area contributed by atoms with Crippen molar-refractivity contribution in [2.75, 3.05) is 37.8 Å². The molecule has 31 heteroatoms. The number of alkyl carbamates (subject to hydrolysis) is 4. The maximum absolute atomic E-state index is 14.6. The SMILES string of the molecule is CC(=O)NCSC[C@@H](NC(C)=O)C(=O)N[C@H](C)C(=O)N[C@H](CCCNC(=O)OC(C)(C)C)C(=O)N[C@H](CCCNC(=O)OC(C)(C)C)C(=O)N[C@H](CCCNC(=O)OC(C)(C)C)C(=O)N[C@H](C)C(=O)N[C@H](CCCNC(=O)OC(C)(C)C)C(N)=O. The Morgan fingerprint density at radius 3 is 0.918 bits per heavy atom. The minimum atomic E-state index is -1.52. The smallest absolute Gasteiger partial charge is 0.407 e. The number of nitrogens with one attached hydrogen (secondary N) is 12. The highest BCUT2D eigenvalue weighted by molar-refractivity contribution is 7.99. The van der Waals surface area contributed by atoms with Gasteiger partial charge in [-0.3, -0.25) is 43.2 Å². The van der Waals surface area contributed by atoms with Gasteiger partial charge in [0, 0.05) is 45.8 Å². The number of hydrogen-bond donors (Lipinski definition) is 13. The van der Waals surface area contributed by atoms with Crippen LogP contribution in [0.1, 0.15) is 162 Å². The average molecular weight is 1230 g/mol. The van der Waals surface area contributed by atoms with Crippen molar-refractivity contribution in [2.24, 2.45) is 5.73 Å². The summed E-state index contributed by atoms with van der Waals surface area (Å²) < 4.78 is 21.1. The summed E-state index contributed by atoms with van der Waals surface area (Å²) in [5.41, 5.74) is 2.29. The van der Waals surface area contributed by atoms with E-state index >= 15 is 0 Å². The van der Waals surface area contributed by atoms with Gasteiger partial charge in [-0.2, -0.15) is 0 Å². The third-order valence-corrected chi connectivity index (χ3v) is 11.7. The Labute approximate surface area is 503 Å². The van der Waals surface area contributed by atoms with Crippen LogP contribution in [0.25, 0.3) is 0 Å². The van der Waals surface area contributed by atoms with Crippen molar-refractivity contribution in [3.63, 3.8) is 0 Å². The highest BCUT2D eigenvalue weighted by atomic mass is 32.2. The third kappa shape index (κ3) is 39.8. The van der Waals surface area contributed by atoms with Crippen LogP contribution in [0.3, 0.4) is 0 Å². The fraction of sp³-hybridized carbons (Fsp3) is 0.759. The predicted octanol–water partition coefficient (Wildman–Crippen LogP) is 0.971. The molecule has 0 aliphatic carbocycles. The van der Waals surface area contributed by atoms with E-state index in [9.17, 15) is 62.3 Å². The van der Waals surface area contributed by atoms with Crippen LogP contribution in [0, 0.1) is 0 Å². The number of nitrogens with two attached hydrogens (primary N) is 1. The molecular weight excluding hydrogens is 1130 g/mol. The first kappa shape index (κ1) is 77.7. The third-order valence-electron chi connectivity index (χ3n) is 10.8. The van der Waals surface area contributed by atoms with Crippen LogP contribution < -0.4 is 69.5 Å². The zero-order valence-corrected chi connectivity index (χ0v) is 53.2. The van der Waals surface area contributed by atoms with Crippen LogP contribution >= 0.6 is 11.8 Å². The van der Waals surface area contributed by atoms with Crippen molar-refractivity contribution in [1.82, 2.24) is 63.8 Å². The number of ether oxygens (including phenoxy) is 4. The summed E-state index contributed by atoms with van der Waals surface area (Å²) in [7, 11) is 0. The Morgan fingerprint density at radius 1 is 0.365 bits per heavy atom. The van der Waals surface area contributed by atoms with Gasteiger partial charge in [-0.1, -0.05) is 0 Å². The molecule has 0 rings (SSSR count). The van der Waals surface area contributed by atoms with Crippen LogP contribution in [0.5, 0.6) is 0 Å². The van der Waals surface area contributed by atoms with E-state index in [1.54, 1.807) is 83.1 Å². The second-order valence-corrected chi connectivity index (χ2v) is 24.9. The molecule has 0 fully saturated rings. The van der Waals surface area contributed by atoms with Crippen molar-refractivity contribution >= 4 is 89.3 Å². The number of carbonyl (C=O) groups excluding carboxylic acids is 13. The molecule has 0 heterocycles. The molecule has 0 radical (unpaired) electrons. The molecule has 0 saturated heterocycles. The molecule has 0 saturated carbocycles. The predicted molar refractivity (Wildman–Crippen MR) is 315 cm³/mol. The summed E-state index contributed by atoms with van der Waals surface area (Å²) in [6.45, 7) is 25.0. The number of hydrogen-bond acceptors (Lipinski definition) is 18. The lowest BCUT2D eigenvalue weighted by Gasteiger charge is -2.27. The first-order valence-corrected chi connectivity index (χ1v) is 29.3. The molecule has 85 heavy (non-hydrogen) atoms. The zero-order chi connectivity index (χ0) is 65.5. The van der Waals surface area contributed by atoms with Crippen LogP contribution in [0.4, 0.5) is 19.2 Å². The Morgan fingerprint density at radius 2 is 0.635 bits per heavy atom. The minimum Gasteiger partial charge on any atom is -0.444 e. The van der Waals surface area contributed by atoms with Crippen molar-refractivity contribution in [3.05, 3.63) is 0 Å². The summed E-state index contributed by atoms with van der Waals surface area (Å²) in [6.07, 6.45) is -3.28. The van der Waals surface area contributed by atoms with Gasteiger partial charge in [-0.25, -0.2) is 19.2 Å². The summed E-state index contributed by atoms with van der Waals surface area (Å²) >= 11 is 1.12. The Bertz CT molecular complexity index is 2260. The van der Waals surface area contributed by atoms with E-state index in [4.69, 9.17) is 24.7 Å². The molecule has 486 valence electrons. The maximum atomic E-state index is 14.6. The second kappa shape index (κ2) is 37.9. The molecule has 7 atom stereocenters. The van der Waals surface area contributed by atoms with E-state index in [2.05, 4.69) is 63.8 Å². The van der Waals surface area contributed by atoms with E-state index in [1.807, 2.05) is 0 Å². The minimum absolute atomic E-state index is 0.00287. The lowest BCUT2D eigenvalue weighted by Crippen LogP contribution is -2.59. The molecular formula is C54H97N13O17S. The van der Waals surface area contributed by atoms with Gasteiger partial charge >= 0.3 is 24.4 Å². The molecule has 0 aliphatic rings. The van der Waals surface area contributed by atoms with E-state index in [0.717, 1.165) is 11.8 Å². The molecule has 30 nitrogen and oxygen atoms in total. The standard InChI is InChI=1S/C54H97N13O17S/c1-31(41(71)64-35(40(55)70)21-17-25-56-47(77)81-51(5,6)7)61-43(73)36(22-18-26-57-48(78)82-52(8,9)10)66-45(75)38(24-20-28-59-50(80)84-54(14,15)16)67-44(74)37(23-19-27-58-49(79)83-53(11,12)13)65-42(72)32(2)62-46(76)39(63-34(4)69)29-85-30-60-33(3)68/h31-32,35-39H,17-30H2,1-16H3,(H2,55,70)(H,56,77)(H,57,78)(H,58,79)(H,59,80)(H,60,68)(H,61,73)(H,62,76)(H,63,69)(H,64,71)(H,65,72)(H,66,75)(H,67,74)/t31-,32-,35-,36-,37-,38-,39-/m1/s1. The zero-order valence-electron chi connectivity index (χ0n) is 52.4. The maximum Gasteiger partial charge on any atom is 0.407 e. The Kier molecular flexibility index (Phi) is 34.6. The van der Waals surface area contributed by atoms with Crippen molar-refractivity contribution in [2.45, 2.75) is 227 Å². The first-order chi connectivity index (χ1) is 39.1. The van der Waals surface area contributed by atoms with Gasteiger partial charge in [0.25, 0.3) is 0 Å². The van der Waals surface area contributed by atoms with Gasteiger partial charge in [-0.15, -0.1) is 11.8 Å². The van der Waals surface area contributed by atoms with Crippen molar-refractivity contribution < 1.29 is 81.3 Å². The monoisotopic (exact) mass is 1230 g/mol. The number of carbonyl (C=O) groups is 13. The van der Waals surface area contributed by atoms with Crippen LogP contribution in [-0.4, -0.2) is 180 Å². The molecule has 0 unspecified atom stereocenters. The molecule has 0 bridgehead atoms. The number of rotatable bonds is 34. The second-order valence-electron chi connectivity index (χ2n) is 23.9. The fourth-order valence-electron chi connectivity index (χ4n) is 6.99. The van der Waals surface area contributed by atoms with Crippen LogP contribution in [0.2, 0.25) is 0 Å². The lowest BCUT2D eigenvalue weighted by molar-refractivity contribution is -0.135. The lowest BCUT2D eigenvalue weighted by atomic mass is 10.0. The molecule has 0 aromatic heterocycles. The summed E-state index contributed by atoms with van der Waals surface area (Å²) in [4.78, 5) is 169. The van der Waals surface area contributed by atoms with Gasteiger partial charge in [-0.05, 0) is 148 Å².